The molecule has 0 spiro atoms. The van der Waals surface area contributed by atoms with E-state index >= 15 is 0 Å². The maximum Gasteiger partial charge on any atom is 0.0422 e. The number of fused-ring (bicyclic) bond motifs is 1. The Hall–Kier alpha value is -1.81. The van der Waals surface area contributed by atoms with Crippen molar-refractivity contribution in [2.24, 2.45) is 5.92 Å². The summed E-state index contributed by atoms with van der Waals surface area (Å²) in [5.74, 6) is 0.732. The number of likely N-dealkylation sites (tertiary alicyclic amines) is 1. The van der Waals surface area contributed by atoms with E-state index in [1.54, 1.807) is 0 Å². The lowest BCUT2D eigenvalue weighted by atomic mass is 10.1. The smallest absolute Gasteiger partial charge is 0.0422 e. The molecule has 106 valence electrons. The average molecular weight is 270 g/mol. The van der Waals surface area contributed by atoms with E-state index in [1.807, 2.05) is 19.2 Å². The van der Waals surface area contributed by atoms with E-state index in [1.165, 1.54) is 24.9 Å². The second kappa shape index (κ2) is 5.29. The highest BCUT2D eigenvalue weighted by atomic mass is 15.1. The third-order valence-electron chi connectivity index (χ3n) is 4.14. The van der Waals surface area contributed by atoms with Gasteiger partial charge in [0.15, 0.2) is 0 Å². The Kier molecular flexibility index (Phi) is 3.49. The number of hydrogen-bond donors (Lipinski definition) is 2. The molecule has 2 aromatic rings. The predicted octanol–water partition coefficient (Wildman–Crippen LogP) is 2.49. The minimum atomic E-state index is 0.732. The lowest BCUT2D eigenvalue weighted by Crippen LogP contribution is -2.19. The molecule has 0 amide bonds. The number of nitrogen functional groups attached to an aromatic ring is 1. The largest absolute Gasteiger partial charge is 0.398 e. The van der Waals surface area contributed by atoms with Crippen LogP contribution in [0.15, 0.2) is 24.4 Å². The molecule has 4 heteroatoms. The van der Waals surface area contributed by atoms with Crippen LogP contribution in [0.2, 0.25) is 0 Å². The highest BCUT2D eigenvalue weighted by Crippen LogP contribution is 2.29. The van der Waals surface area contributed by atoms with Crippen molar-refractivity contribution in [2.75, 3.05) is 37.7 Å². The fourth-order valence-corrected chi connectivity index (χ4v) is 2.97. The van der Waals surface area contributed by atoms with Gasteiger partial charge in [0.05, 0.1) is 0 Å². The summed E-state index contributed by atoms with van der Waals surface area (Å²) in [7, 11) is 2.19. The summed E-state index contributed by atoms with van der Waals surface area (Å²) in [6.07, 6.45) is 3.14. The van der Waals surface area contributed by atoms with Crippen LogP contribution in [-0.4, -0.2) is 36.6 Å². The topological polar surface area (TPSA) is 54.2 Å². The molecule has 0 aliphatic carbocycles. The Labute approximate surface area is 120 Å². The van der Waals surface area contributed by atoms with Crippen LogP contribution >= 0.6 is 0 Å². The highest BCUT2D eigenvalue weighted by molar-refractivity contribution is 6.00. The Morgan fingerprint density at radius 2 is 2.25 bits per heavy atom. The van der Waals surface area contributed by atoms with Gasteiger partial charge in [0.1, 0.15) is 0 Å². The molecule has 1 aromatic carbocycles. The van der Waals surface area contributed by atoms with Gasteiger partial charge in [-0.05, 0) is 51.1 Å². The first-order chi connectivity index (χ1) is 9.63. The maximum absolute atomic E-state index is 6.04. The summed E-state index contributed by atoms with van der Waals surface area (Å²) in [6, 6.07) is 6.15. The first kappa shape index (κ1) is 13.2. The Morgan fingerprint density at radius 1 is 1.40 bits per heavy atom. The molecule has 2 heterocycles. The molecule has 0 saturated carbocycles. The van der Waals surface area contributed by atoms with E-state index in [-0.39, 0.29) is 0 Å². The second-order valence-corrected chi connectivity index (χ2v) is 5.87. The van der Waals surface area contributed by atoms with E-state index in [4.69, 9.17) is 5.73 Å². The number of hydrogen-bond acceptors (Lipinski definition) is 4. The molecule has 20 heavy (non-hydrogen) atoms. The van der Waals surface area contributed by atoms with Gasteiger partial charge in [-0.15, -0.1) is 0 Å². The van der Waals surface area contributed by atoms with Gasteiger partial charge in [0, 0.05) is 47.1 Å². The van der Waals surface area contributed by atoms with Gasteiger partial charge in [-0.1, -0.05) is 0 Å². The molecule has 3 rings (SSSR count). The number of aryl methyl sites for hydroxylation is 1. The lowest BCUT2D eigenvalue weighted by Gasteiger charge is -2.15. The van der Waals surface area contributed by atoms with Crippen molar-refractivity contribution in [3.8, 4) is 0 Å². The summed E-state index contributed by atoms with van der Waals surface area (Å²) in [4.78, 5) is 6.73. The zero-order chi connectivity index (χ0) is 14.1. The normalized spacial score (nSPS) is 19.6. The van der Waals surface area contributed by atoms with Crippen LogP contribution in [0.5, 0.6) is 0 Å². The lowest BCUT2D eigenvalue weighted by molar-refractivity contribution is 0.399. The van der Waals surface area contributed by atoms with E-state index in [0.717, 1.165) is 34.9 Å². The number of nitrogens with two attached hydrogens (primary N) is 1. The van der Waals surface area contributed by atoms with Crippen LogP contribution in [-0.2, 0) is 0 Å². The fourth-order valence-electron chi connectivity index (χ4n) is 2.97. The van der Waals surface area contributed by atoms with Crippen LogP contribution in [0.1, 0.15) is 12.1 Å². The molecule has 1 unspecified atom stereocenters. The summed E-state index contributed by atoms with van der Waals surface area (Å²) >= 11 is 0. The first-order valence-corrected chi connectivity index (χ1v) is 7.21. The molecule has 1 aromatic heterocycles. The van der Waals surface area contributed by atoms with Gasteiger partial charge >= 0.3 is 0 Å². The number of rotatable bonds is 3. The Morgan fingerprint density at radius 3 is 3.00 bits per heavy atom. The molecule has 3 N–H and O–H groups in total. The third kappa shape index (κ3) is 2.56. The van der Waals surface area contributed by atoms with Gasteiger partial charge in [0.2, 0.25) is 0 Å². The number of benzene rings is 1. The number of anilines is 2. The minimum absolute atomic E-state index is 0.732. The van der Waals surface area contributed by atoms with Crippen molar-refractivity contribution in [3.05, 3.63) is 30.1 Å². The first-order valence-electron chi connectivity index (χ1n) is 7.21. The van der Waals surface area contributed by atoms with Gasteiger partial charge in [-0.25, -0.2) is 0 Å². The molecular formula is C16H22N4. The van der Waals surface area contributed by atoms with Gasteiger partial charge in [-0.3, -0.25) is 4.98 Å². The highest BCUT2D eigenvalue weighted by Gasteiger charge is 2.19. The summed E-state index contributed by atoms with van der Waals surface area (Å²) in [5.41, 5.74) is 9.01. The summed E-state index contributed by atoms with van der Waals surface area (Å²) in [6.45, 7) is 5.42. The second-order valence-electron chi connectivity index (χ2n) is 5.87. The molecule has 1 saturated heterocycles. The van der Waals surface area contributed by atoms with E-state index < -0.39 is 0 Å². The van der Waals surface area contributed by atoms with Crippen molar-refractivity contribution in [1.29, 1.82) is 0 Å². The average Bonchev–Trinajstić information content (AvgIpc) is 2.84. The Balaban J connectivity index is 1.84. The molecule has 0 bridgehead atoms. The molecule has 4 nitrogen and oxygen atoms in total. The van der Waals surface area contributed by atoms with Gasteiger partial charge < -0.3 is 16.0 Å². The van der Waals surface area contributed by atoms with E-state index in [9.17, 15) is 0 Å². The van der Waals surface area contributed by atoms with Crippen LogP contribution < -0.4 is 11.1 Å². The monoisotopic (exact) mass is 270 g/mol. The summed E-state index contributed by atoms with van der Waals surface area (Å²) in [5, 5.41) is 5.80. The fraction of sp³-hybridized carbons (Fsp3) is 0.438. The molecule has 1 atom stereocenters. The molecular weight excluding hydrogens is 248 g/mol. The van der Waals surface area contributed by atoms with Crippen molar-refractivity contribution in [3.63, 3.8) is 0 Å². The van der Waals surface area contributed by atoms with Crippen molar-refractivity contribution in [1.82, 2.24) is 9.88 Å². The van der Waals surface area contributed by atoms with Gasteiger partial charge in [0.25, 0.3) is 0 Å². The Bertz CT molecular complexity index is 623. The van der Waals surface area contributed by atoms with Gasteiger partial charge in [-0.2, -0.15) is 0 Å². The quantitative estimate of drug-likeness (QED) is 0.841. The maximum atomic E-state index is 6.04. The molecule has 1 aliphatic rings. The van der Waals surface area contributed by atoms with Crippen LogP contribution in [0.4, 0.5) is 11.4 Å². The number of nitrogens with zero attached hydrogens (tertiary/aromatic N) is 2. The van der Waals surface area contributed by atoms with Crippen molar-refractivity contribution >= 4 is 22.1 Å². The standard InChI is InChI=1S/C16H22N4/c1-11-7-13-14(9-18-11)15(17)3-4-16(13)19-8-12-5-6-20(2)10-12/h3-4,7,9,12,19H,5-6,8,10,17H2,1-2H3. The number of pyridine rings is 1. The molecule has 0 radical (unpaired) electrons. The van der Waals surface area contributed by atoms with E-state index in [2.05, 4.69) is 34.4 Å². The molecule has 1 aliphatic heterocycles. The zero-order valence-electron chi connectivity index (χ0n) is 12.2. The van der Waals surface area contributed by atoms with Crippen LogP contribution in [0.25, 0.3) is 10.8 Å². The van der Waals surface area contributed by atoms with Crippen LogP contribution in [0, 0.1) is 12.8 Å². The number of nitrogens with one attached hydrogen (secondary N) is 1. The van der Waals surface area contributed by atoms with Crippen molar-refractivity contribution in [2.45, 2.75) is 13.3 Å². The van der Waals surface area contributed by atoms with E-state index in [0.29, 0.717) is 0 Å². The van der Waals surface area contributed by atoms with Crippen molar-refractivity contribution < 1.29 is 0 Å². The molecule has 1 fully saturated rings. The number of aromatic nitrogens is 1. The summed E-state index contributed by atoms with van der Waals surface area (Å²) < 4.78 is 0. The minimum Gasteiger partial charge on any atom is -0.398 e. The third-order valence-corrected chi connectivity index (χ3v) is 4.14. The zero-order valence-corrected chi connectivity index (χ0v) is 12.2. The van der Waals surface area contributed by atoms with Crippen LogP contribution in [0.3, 0.4) is 0 Å². The predicted molar refractivity (Wildman–Crippen MR) is 85.0 cm³/mol. The SMILES string of the molecule is Cc1cc2c(NCC3CCN(C)C3)ccc(N)c2cn1.